The molecule has 0 aromatic carbocycles. The van der Waals surface area contributed by atoms with Crippen molar-refractivity contribution in [1.82, 2.24) is 9.97 Å². The van der Waals surface area contributed by atoms with E-state index < -0.39 is 0 Å². The molecule has 4 nitrogen and oxygen atoms in total. The Labute approximate surface area is 104 Å². The van der Waals surface area contributed by atoms with Gasteiger partial charge in [-0.3, -0.25) is 0 Å². The number of rotatable bonds is 6. The van der Waals surface area contributed by atoms with Crippen LogP contribution in [0, 0.1) is 12.8 Å². The highest BCUT2D eigenvalue weighted by Gasteiger charge is 2.12. The van der Waals surface area contributed by atoms with Gasteiger partial charge in [0.05, 0.1) is 0 Å². The van der Waals surface area contributed by atoms with Crippen LogP contribution in [0.15, 0.2) is 6.33 Å². The lowest BCUT2D eigenvalue weighted by Gasteiger charge is -2.24. The van der Waals surface area contributed by atoms with Gasteiger partial charge in [0.1, 0.15) is 18.0 Å². The molecule has 1 N–H and O–H groups in total. The smallest absolute Gasteiger partial charge is 0.136 e. The molecule has 0 saturated heterocycles. The van der Waals surface area contributed by atoms with Crippen molar-refractivity contribution in [2.24, 2.45) is 5.92 Å². The van der Waals surface area contributed by atoms with Gasteiger partial charge in [-0.05, 0) is 19.8 Å². The van der Waals surface area contributed by atoms with E-state index in [9.17, 15) is 0 Å². The molecule has 0 amide bonds. The monoisotopic (exact) mass is 236 g/mol. The summed E-state index contributed by atoms with van der Waals surface area (Å²) in [6.07, 6.45) is 2.82. The fourth-order valence-corrected chi connectivity index (χ4v) is 1.85. The van der Waals surface area contributed by atoms with Gasteiger partial charge in [0, 0.05) is 25.7 Å². The minimum atomic E-state index is 0.678. The summed E-state index contributed by atoms with van der Waals surface area (Å²) >= 11 is 0. The number of nitrogens with one attached hydrogen (secondary N) is 1. The summed E-state index contributed by atoms with van der Waals surface area (Å²) in [6, 6.07) is 0. The maximum absolute atomic E-state index is 4.38. The van der Waals surface area contributed by atoms with Gasteiger partial charge in [-0.1, -0.05) is 20.3 Å². The molecule has 17 heavy (non-hydrogen) atoms. The molecule has 1 atom stereocenters. The van der Waals surface area contributed by atoms with Crippen LogP contribution >= 0.6 is 0 Å². The molecule has 0 bridgehead atoms. The number of aromatic nitrogens is 2. The van der Waals surface area contributed by atoms with E-state index in [1.165, 1.54) is 6.42 Å². The molecular weight excluding hydrogens is 212 g/mol. The molecule has 0 saturated carbocycles. The third-order valence-electron chi connectivity index (χ3n) is 3.05. The van der Waals surface area contributed by atoms with E-state index >= 15 is 0 Å². The quantitative estimate of drug-likeness (QED) is 0.824. The van der Waals surface area contributed by atoms with Crippen molar-refractivity contribution < 1.29 is 0 Å². The van der Waals surface area contributed by atoms with Gasteiger partial charge in [-0.2, -0.15) is 0 Å². The number of hydrogen-bond donors (Lipinski definition) is 1. The van der Waals surface area contributed by atoms with Crippen molar-refractivity contribution in [2.75, 3.05) is 30.4 Å². The van der Waals surface area contributed by atoms with Gasteiger partial charge >= 0.3 is 0 Å². The third-order valence-corrected chi connectivity index (χ3v) is 3.05. The minimum absolute atomic E-state index is 0.678. The largest absolute Gasteiger partial charge is 0.370 e. The average molecular weight is 236 g/mol. The molecule has 1 heterocycles. The second-order valence-electron chi connectivity index (χ2n) is 4.60. The van der Waals surface area contributed by atoms with Crippen molar-refractivity contribution in [2.45, 2.75) is 34.1 Å². The Morgan fingerprint density at radius 1 is 1.35 bits per heavy atom. The average Bonchev–Trinajstić information content (AvgIpc) is 2.31. The molecule has 0 fully saturated rings. The van der Waals surface area contributed by atoms with Crippen molar-refractivity contribution in [1.29, 1.82) is 0 Å². The molecule has 0 radical (unpaired) electrons. The zero-order chi connectivity index (χ0) is 12.8. The molecule has 4 heteroatoms. The first kappa shape index (κ1) is 13.7. The standard InChI is InChI=1S/C13H24N4/c1-6-10(3)8-17(5)13-11(4)12(14-7-2)15-9-16-13/h9-10H,6-8H2,1-5H3,(H,14,15,16). The first-order valence-electron chi connectivity index (χ1n) is 6.36. The molecule has 96 valence electrons. The Hall–Kier alpha value is -1.32. The van der Waals surface area contributed by atoms with Crippen LogP contribution in [0.25, 0.3) is 0 Å². The maximum atomic E-state index is 4.38. The SMILES string of the molecule is CCNc1ncnc(N(C)CC(C)CC)c1C. The molecule has 0 aliphatic heterocycles. The van der Waals surface area contributed by atoms with Crippen LogP contribution in [0.5, 0.6) is 0 Å². The van der Waals surface area contributed by atoms with Crippen molar-refractivity contribution >= 4 is 11.6 Å². The molecule has 0 aliphatic carbocycles. The highest BCUT2D eigenvalue weighted by atomic mass is 15.2. The van der Waals surface area contributed by atoms with Gasteiger partial charge in [0.15, 0.2) is 0 Å². The summed E-state index contributed by atoms with van der Waals surface area (Å²) in [5.74, 6) is 2.64. The molecule has 1 aromatic rings. The molecule has 1 rings (SSSR count). The van der Waals surface area contributed by atoms with Crippen LogP contribution in [0.2, 0.25) is 0 Å². The van der Waals surface area contributed by atoms with Crippen LogP contribution in [-0.4, -0.2) is 30.1 Å². The fourth-order valence-electron chi connectivity index (χ4n) is 1.85. The Kier molecular flexibility index (Phi) is 5.19. The van der Waals surface area contributed by atoms with Crippen LogP contribution in [0.4, 0.5) is 11.6 Å². The first-order valence-corrected chi connectivity index (χ1v) is 6.36. The summed E-state index contributed by atoms with van der Waals surface area (Å²) in [7, 11) is 2.09. The first-order chi connectivity index (χ1) is 8.10. The highest BCUT2D eigenvalue weighted by Crippen LogP contribution is 2.22. The molecule has 0 spiro atoms. The zero-order valence-electron chi connectivity index (χ0n) is 11.6. The predicted octanol–water partition coefficient (Wildman–Crippen LogP) is 2.70. The summed E-state index contributed by atoms with van der Waals surface area (Å²) < 4.78 is 0. The van der Waals surface area contributed by atoms with Crippen LogP contribution in [0.1, 0.15) is 32.8 Å². The second-order valence-corrected chi connectivity index (χ2v) is 4.60. The topological polar surface area (TPSA) is 41.1 Å². The van der Waals surface area contributed by atoms with Gasteiger partial charge in [0.2, 0.25) is 0 Å². The zero-order valence-corrected chi connectivity index (χ0v) is 11.6. The van der Waals surface area contributed by atoms with Crippen molar-refractivity contribution in [3.05, 3.63) is 11.9 Å². The Balaban J connectivity index is 2.86. The minimum Gasteiger partial charge on any atom is -0.370 e. The lowest BCUT2D eigenvalue weighted by atomic mass is 10.1. The van der Waals surface area contributed by atoms with Crippen LogP contribution in [-0.2, 0) is 0 Å². The van der Waals surface area contributed by atoms with Crippen molar-refractivity contribution in [3.8, 4) is 0 Å². The van der Waals surface area contributed by atoms with Gasteiger partial charge in [0.25, 0.3) is 0 Å². The second kappa shape index (κ2) is 6.42. The number of hydrogen-bond acceptors (Lipinski definition) is 4. The van der Waals surface area contributed by atoms with Crippen LogP contribution < -0.4 is 10.2 Å². The van der Waals surface area contributed by atoms with Gasteiger partial charge in [-0.25, -0.2) is 9.97 Å². The van der Waals surface area contributed by atoms with Gasteiger partial charge < -0.3 is 10.2 Å². The fraction of sp³-hybridized carbons (Fsp3) is 0.692. The van der Waals surface area contributed by atoms with E-state index in [0.29, 0.717) is 5.92 Å². The van der Waals surface area contributed by atoms with E-state index in [4.69, 9.17) is 0 Å². The lowest BCUT2D eigenvalue weighted by molar-refractivity contribution is 0.557. The van der Waals surface area contributed by atoms with E-state index in [-0.39, 0.29) is 0 Å². The summed E-state index contributed by atoms with van der Waals surface area (Å²) in [4.78, 5) is 10.9. The van der Waals surface area contributed by atoms with Crippen molar-refractivity contribution in [3.63, 3.8) is 0 Å². The highest BCUT2D eigenvalue weighted by molar-refractivity contribution is 5.57. The summed E-state index contributed by atoms with van der Waals surface area (Å²) in [5.41, 5.74) is 1.13. The predicted molar refractivity (Wildman–Crippen MR) is 73.7 cm³/mol. The molecule has 1 unspecified atom stereocenters. The van der Waals surface area contributed by atoms with E-state index in [0.717, 1.165) is 30.3 Å². The third kappa shape index (κ3) is 3.58. The van der Waals surface area contributed by atoms with E-state index in [1.54, 1.807) is 6.33 Å². The Morgan fingerprint density at radius 3 is 2.65 bits per heavy atom. The maximum Gasteiger partial charge on any atom is 0.136 e. The summed E-state index contributed by atoms with van der Waals surface area (Å²) in [5, 5.41) is 3.26. The Morgan fingerprint density at radius 2 is 2.06 bits per heavy atom. The lowest BCUT2D eigenvalue weighted by Crippen LogP contribution is -2.25. The number of nitrogens with zero attached hydrogens (tertiary/aromatic N) is 3. The normalized spacial score (nSPS) is 12.3. The molecule has 0 aliphatic rings. The van der Waals surface area contributed by atoms with E-state index in [2.05, 4.69) is 54.9 Å². The number of anilines is 2. The Bertz CT molecular complexity index is 351. The molecule has 1 aromatic heterocycles. The van der Waals surface area contributed by atoms with Gasteiger partial charge in [-0.15, -0.1) is 0 Å². The molecular formula is C13H24N4. The van der Waals surface area contributed by atoms with E-state index in [1.807, 2.05) is 0 Å². The van der Waals surface area contributed by atoms with Crippen LogP contribution in [0.3, 0.4) is 0 Å². The summed E-state index contributed by atoms with van der Waals surface area (Å²) in [6.45, 7) is 10.5.